The van der Waals surface area contributed by atoms with Crippen molar-refractivity contribution >= 4 is 11.7 Å². The van der Waals surface area contributed by atoms with Gasteiger partial charge in [-0.2, -0.15) is 4.80 Å². The molecule has 0 atom stereocenters. The number of ether oxygens (including phenoxy) is 1. The summed E-state index contributed by atoms with van der Waals surface area (Å²) in [5.74, 6) is -1.15. The highest BCUT2D eigenvalue weighted by Crippen LogP contribution is 2.28. The second-order valence-corrected chi connectivity index (χ2v) is 3.73. The summed E-state index contributed by atoms with van der Waals surface area (Å²) in [6, 6.07) is 3.29. The second-order valence-electron chi connectivity index (χ2n) is 3.73. The van der Waals surface area contributed by atoms with Gasteiger partial charge < -0.3 is 9.84 Å². The van der Waals surface area contributed by atoms with E-state index in [1.807, 2.05) is 0 Å². The van der Waals surface area contributed by atoms with E-state index in [1.165, 1.54) is 4.80 Å². The third-order valence-electron chi connectivity index (χ3n) is 2.31. The van der Waals surface area contributed by atoms with Gasteiger partial charge in [0.15, 0.2) is 12.4 Å². The van der Waals surface area contributed by atoms with Crippen LogP contribution in [0.2, 0.25) is 0 Å². The van der Waals surface area contributed by atoms with Crippen molar-refractivity contribution in [1.29, 1.82) is 0 Å². The molecule has 1 aromatic heterocycles. The van der Waals surface area contributed by atoms with Gasteiger partial charge in [0.2, 0.25) is 5.82 Å². The van der Waals surface area contributed by atoms with E-state index in [0.717, 1.165) is 18.2 Å². The average Bonchev–Trinajstić information content (AvgIpc) is 2.81. The first kappa shape index (κ1) is 13.4. The lowest BCUT2D eigenvalue weighted by molar-refractivity contribution is -0.386. The van der Waals surface area contributed by atoms with Gasteiger partial charge >= 0.3 is 11.7 Å². The van der Waals surface area contributed by atoms with Crippen molar-refractivity contribution in [1.82, 2.24) is 20.2 Å². The molecule has 0 radical (unpaired) electrons. The van der Waals surface area contributed by atoms with Crippen LogP contribution in [0.1, 0.15) is 16.2 Å². The molecule has 1 heterocycles. The Hall–Kier alpha value is -3.04. The Labute approximate surface area is 111 Å². The molecular weight excluding hydrogens is 270 g/mol. The van der Waals surface area contributed by atoms with Gasteiger partial charge in [0.25, 0.3) is 0 Å². The highest BCUT2D eigenvalue weighted by Gasteiger charge is 2.18. The molecule has 10 nitrogen and oxygen atoms in total. The molecule has 0 saturated heterocycles. The van der Waals surface area contributed by atoms with E-state index < -0.39 is 10.9 Å². The zero-order chi connectivity index (χ0) is 14.7. The molecule has 0 fully saturated rings. The molecule has 0 amide bonds. The minimum absolute atomic E-state index is 0.113. The van der Waals surface area contributed by atoms with E-state index in [9.17, 15) is 14.9 Å². The Morgan fingerprint density at radius 1 is 1.55 bits per heavy atom. The smallest absolute Gasteiger partial charge is 0.335 e. The number of aromatic carboxylic acids is 1. The fourth-order valence-electron chi connectivity index (χ4n) is 1.44. The Balaban J connectivity index is 2.25. The zero-order valence-corrected chi connectivity index (χ0v) is 10.3. The van der Waals surface area contributed by atoms with Crippen molar-refractivity contribution in [3.63, 3.8) is 0 Å². The number of aryl methyl sites for hydroxylation is 1. The summed E-state index contributed by atoms with van der Waals surface area (Å²) in [7, 11) is 1.56. The lowest BCUT2D eigenvalue weighted by Gasteiger charge is -2.05. The van der Waals surface area contributed by atoms with Gasteiger partial charge in [0.05, 0.1) is 17.5 Å². The van der Waals surface area contributed by atoms with E-state index in [-0.39, 0.29) is 29.4 Å². The molecule has 104 valence electrons. The van der Waals surface area contributed by atoms with Gasteiger partial charge in [-0.25, -0.2) is 4.79 Å². The molecule has 0 bridgehead atoms. The topological polar surface area (TPSA) is 133 Å². The number of carboxylic acids is 1. The van der Waals surface area contributed by atoms with Crippen molar-refractivity contribution in [3.8, 4) is 5.75 Å². The van der Waals surface area contributed by atoms with E-state index in [4.69, 9.17) is 9.84 Å². The molecule has 10 heteroatoms. The van der Waals surface area contributed by atoms with Crippen LogP contribution in [0.25, 0.3) is 0 Å². The predicted octanol–water partition coefficient (Wildman–Crippen LogP) is 0.395. The maximum Gasteiger partial charge on any atom is 0.335 e. The minimum Gasteiger partial charge on any atom is -0.478 e. The Kier molecular flexibility index (Phi) is 3.55. The number of carboxylic acid groups (broad SMARTS) is 1. The van der Waals surface area contributed by atoms with Gasteiger partial charge in [-0.1, -0.05) is 0 Å². The zero-order valence-electron chi connectivity index (χ0n) is 10.3. The summed E-state index contributed by atoms with van der Waals surface area (Å²) in [6.45, 7) is -0.155. The van der Waals surface area contributed by atoms with Gasteiger partial charge in [-0.3, -0.25) is 10.1 Å². The second kappa shape index (κ2) is 5.30. The van der Waals surface area contributed by atoms with Crippen LogP contribution in [0.15, 0.2) is 18.2 Å². The molecule has 0 aliphatic carbocycles. The molecule has 0 unspecified atom stereocenters. The number of nitro benzene ring substituents is 1. The van der Waals surface area contributed by atoms with Crippen LogP contribution < -0.4 is 4.74 Å². The van der Waals surface area contributed by atoms with Gasteiger partial charge in [0, 0.05) is 12.1 Å². The highest BCUT2D eigenvalue weighted by atomic mass is 16.6. The molecular formula is C10H9N5O5. The van der Waals surface area contributed by atoms with Gasteiger partial charge in [-0.05, 0) is 11.3 Å². The number of nitro groups is 1. The Morgan fingerprint density at radius 2 is 2.30 bits per heavy atom. The maximum absolute atomic E-state index is 10.8. The SMILES string of the molecule is Cn1nnc(COc2cc(C(=O)O)ccc2[N+](=O)[O-])n1. The van der Waals surface area contributed by atoms with Crippen LogP contribution in [-0.4, -0.2) is 36.2 Å². The summed E-state index contributed by atoms with van der Waals surface area (Å²) < 4.78 is 5.21. The van der Waals surface area contributed by atoms with E-state index in [2.05, 4.69) is 15.4 Å². The summed E-state index contributed by atoms with van der Waals surface area (Å²) in [6.07, 6.45) is 0. The number of hydrogen-bond acceptors (Lipinski definition) is 7. The Morgan fingerprint density at radius 3 is 2.85 bits per heavy atom. The van der Waals surface area contributed by atoms with Crippen LogP contribution in [-0.2, 0) is 13.7 Å². The number of hydrogen-bond donors (Lipinski definition) is 1. The quantitative estimate of drug-likeness (QED) is 0.613. The summed E-state index contributed by atoms with van der Waals surface area (Å²) in [5.41, 5.74) is -0.448. The largest absolute Gasteiger partial charge is 0.478 e. The van der Waals surface area contributed by atoms with Crippen LogP contribution in [0.3, 0.4) is 0 Å². The maximum atomic E-state index is 10.8. The summed E-state index contributed by atoms with van der Waals surface area (Å²) in [5, 5.41) is 30.8. The highest BCUT2D eigenvalue weighted by molar-refractivity contribution is 5.88. The van der Waals surface area contributed by atoms with Crippen molar-refractivity contribution in [3.05, 3.63) is 39.7 Å². The molecule has 0 spiro atoms. The molecule has 2 rings (SSSR count). The normalized spacial score (nSPS) is 10.2. The summed E-state index contributed by atoms with van der Waals surface area (Å²) in [4.78, 5) is 22.2. The van der Waals surface area contributed by atoms with Gasteiger partial charge in [-0.15, -0.1) is 10.2 Å². The number of tetrazole rings is 1. The third kappa shape index (κ3) is 2.85. The standard InChI is InChI=1S/C10H9N5O5/c1-14-12-9(11-13-14)5-20-8-4-6(10(16)17)2-3-7(8)15(18)19/h2-4H,5H2,1H3,(H,16,17). The lowest BCUT2D eigenvalue weighted by Crippen LogP contribution is -2.04. The molecule has 1 N–H and O–H groups in total. The number of nitrogens with zero attached hydrogens (tertiary/aromatic N) is 5. The average molecular weight is 279 g/mol. The molecule has 0 aliphatic heterocycles. The van der Waals surface area contributed by atoms with Crippen LogP contribution >= 0.6 is 0 Å². The fraction of sp³-hybridized carbons (Fsp3) is 0.200. The molecule has 2 aromatic rings. The first-order valence-corrected chi connectivity index (χ1v) is 5.35. The Bertz CT molecular complexity index is 668. The number of aromatic nitrogens is 4. The van der Waals surface area contributed by atoms with Gasteiger partial charge in [0.1, 0.15) is 0 Å². The first-order valence-electron chi connectivity index (χ1n) is 5.35. The van der Waals surface area contributed by atoms with E-state index in [0.29, 0.717) is 0 Å². The van der Waals surface area contributed by atoms with Crippen molar-refractivity contribution in [2.24, 2.45) is 7.05 Å². The molecule has 0 aliphatic rings. The third-order valence-corrected chi connectivity index (χ3v) is 2.31. The number of benzene rings is 1. The van der Waals surface area contributed by atoms with Crippen LogP contribution in [0.4, 0.5) is 5.69 Å². The lowest BCUT2D eigenvalue weighted by atomic mass is 10.2. The minimum atomic E-state index is -1.21. The number of rotatable bonds is 5. The molecule has 20 heavy (non-hydrogen) atoms. The van der Waals surface area contributed by atoms with E-state index in [1.54, 1.807) is 7.05 Å². The monoisotopic (exact) mass is 279 g/mol. The molecule has 0 saturated carbocycles. The van der Waals surface area contributed by atoms with E-state index >= 15 is 0 Å². The van der Waals surface area contributed by atoms with Crippen molar-refractivity contribution < 1.29 is 19.6 Å². The molecule has 1 aromatic carbocycles. The van der Waals surface area contributed by atoms with Crippen molar-refractivity contribution in [2.75, 3.05) is 0 Å². The van der Waals surface area contributed by atoms with Crippen LogP contribution in [0, 0.1) is 10.1 Å². The van der Waals surface area contributed by atoms with Crippen molar-refractivity contribution in [2.45, 2.75) is 6.61 Å². The fourth-order valence-corrected chi connectivity index (χ4v) is 1.44. The van der Waals surface area contributed by atoms with Crippen LogP contribution in [0.5, 0.6) is 5.75 Å². The number of carbonyl (C=O) groups is 1. The summed E-state index contributed by atoms with van der Waals surface area (Å²) >= 11 is 0. The first-order chi connectivity index (χ1) is 9.47. The predicted molar refractivity (Wildman–Crippen MR) is 63.2 cm³/mol.